The highest BCUT2D eigenvalue weighted by Gasteiger charge is 2.31. The quantitative estimate of drug-likeness (QED) is 0.606. The lowest BCUT2D eigenvalue weighted by Crippen LogP contribution is -2.39. The molecule has 1 aromatic carbocycles. The third-order valence-corrected chi connectivity index (χ3v) is 7.09. The van der Waals surface area contributed by atoms with Gasteiger partial charge in [0, 0.05) is 32.2 Å². The van der Waals surface area contributed by atoms with Gasteiger partial charge in [0.15, 0.2) is 0 Å². The van der Waals surface area contributed by atoms with Crippen LogP contribution in [0, 0.1) is 23.2 Å². The van der Waals surface area contributed by atoms with Crippen molar-refractivity contribution in [1.82, 2.24) is 13.7 Å². The summed E-state index contributed by atoms with van der Waals surface area (Å²) < 4.78 is 4.40. The van der Waals surface area contributed by atoms with Gasteiger partial charge in [-0.05, 0) is 36.3 Å². The van der Waals surface area contributed by atoms with Crippen LogP contribution in [0.4, 0.5) is 5.82 Å². The van der Waals surface area contributed by atoms with E-state index >= 15 is 0 Å². The predicted molar refractivity (Wildman–Crippen MR) is 127 cm³/mol. The number of fused-ring (bicyclic) bond motifs is 1. The summed E-state index contributed by atoms with van der Waals surface area (Å²) in [6.07, 6.45) is 2.15. The van der Waals surface area contributed by atoms with E-state index in [0.29, 0.717) is 45.8 Å². The summed E-state index contributed by atoms with van der Waals surface area (Å²) in [6, 6.07) is 9.82. The minimum absolute atomic E-state index is 0.337. The molecule has 1 aliphatic rings. The maximum Gasteiger partial charge on any atom is 0.331 e. The maximum atomic E-state index is 13.3. The Bertz CT molecular complexity index is 1340. The van der Waals surface area contributed by atoms with E-state index in [1.807, 2.05) is 28.8 Å². The largest absolute Gasteiger partial charge is 0.357 e. The first kappa shape index (κ1) is 22.2. The first-order valence-corrected chi connectivity index (χ1v) is 11.3. The number of hydrogen-bond donors (Lipinski definition) is 0. The van der Waals surface area contributed by atoms with Crippen molar-refractivity contribution in [2.75, 3.05) is 18.0 Å². The topological polar surface area (TPSA) is 76.0 Å². The van der Waals surface area contributed by atoms with Crippen molar-refractivity contribution in [3.05, 3.63) is 61.3 Å². The molecule has 0 radical (unpaired) electrons. The summed E-state index contributed by atoms with van der Waals surface area (Å²) in [4.78, 5) is 28.2. The van der Waals surface area contributed by atoms with Gasteiger partial charge in [-0.25, -0.2) is 4.79 Å². The van der Waals surface area contributed by atoms with Crippen molar-refractivity contribution in [2.24, 2.45) is 25.9 Å². The van der Waals surface area contributed by atoms with Crippen LogP contribution in [0.25, 0.3) is 11.0 Å². The lowest BCUT2D eigenvalue weighted by molar-refractivity contribution is 0.320. The van der Waals surface area contributed by atoms with Gasteiger partial charge < -0.3 is 9.47 Å². The first-order chi connectivity index (χ1) is 15.3. The maximum absolute atomic E-state index is 13.3. The average Bonchev–Trinajstić information content (AvgIpc) is 3.11. The lowest BCUT2D eigenvalue weighted by Gasteiger charge is -2.37. The smallest absolute Gasteiger partial charge is 0.331 e. The van der Waals surface area contributed by atoms with E-state index in [4.69, 9.17) is 11.6 Å². The number of anilines is 1. The number of nitrogens with zero attached hydrogens (tertiary/aromatic N) is 5. The third kappa shape index (κ3) is 3.53. The van der Waals surface area contributed by atoms with E-state index in [1.54, 1.807) is 7.05 Å². The molecule has 1 saturated heterocycles. The Morgan fingerprint density at radius 3 is 2.53 bits per heavy atom. The molecule has 0 amide bonds. The van der Waals surface area contributed by atoms with Crippen molar-refractivity contribution in [1.29, 1.82) is 5.26 Å². The fourth-order valence-electron chi connectivity index (χ4n) is 4.83. The standard InChI is InChI=1S/C24H28ClN5O2/c1-15(2)16-9-7-11-29(13-16)22-18(12-26)20-21(23(31)28(4)24(32)27(20)3)30(22)14-17-8-5-6-10-19(17)25/h5-6,8,10,15-16H,7,9,11,13-14H2,1-4H3. The van der Waals surface area contributed by atoms with Gasteiger partial charge in [-0.2, -0.15) is 5.26 Å². The SMILES string of the molecule is CC(C)C1CCCN(c2c(C#N)c3c(c(=O)n(C)c(=O)n3C)n2Cc2ccccc2Cl)C1. The molecule has 4 rings (SSSR count). The molecular formula is C24H28ClN5O2. The lowest BCUT2D eigenvalue weighted by atomic mass is 9.88. The second-order valence-corrected chi connectivity index (χ2v) is 9.39. The van der Waals surface area contributed by atoms with Gasteiger partial charge in [0.25, 0.3) is 5.56 Å². The van der Waals surface area contributed by atoms with Gasteiger partial charge in [-0.3, -0.25) is 13.9 Å². The van der Waals surface area contributed by atoms with Gasteiger partial charge in [0.1, 0.15) is 23.0 Å². The zero-order valence-electron chi connectivity index (χ0n) is 18.9. The second-order valence-electron chi connectivity index (χ2n) is 8.98. The summed E-state index contributed by atoms with van der Waals surface area (Å²) in [7, 11) is 3.08. The average molecular weight is 454 g/mol. The van der Waals surface area contributed by atoms with Crippen LogP contribution in [0.1, 0.15) is 37.8 Å². The highest BCUT2D eigenvalue weighted by Crippen LogP contribution is 2.35. The summed E-state index contributed by atoms with van der Waals surface area (Å²) in [5, 5.41) is 10.8. The molecule has 0 N–H and O–H groups in total. The van der Waals surface area contributed by atoms with Crippen LogP contribution in [-0.4, -0.2) is 26.8 Å². The molecule has 0 spiro atoms. The zero-order valence-corrected chi connectivity index (χ0v) is 19.7. The number of nitriles is 1. The molecule has 2 aromatic heterocycles. The second kappa shape index (κ2) is 8.51. The van der Waals surface area contributed by atoms with E-state index in [9.17, 15) is 14.9 Å². The van der Waals surface area contributed by atoms with Gasteiger partial charge in [-0.15, -0.1) is 0 Å². The molecule has 0 bridgehead atoms. The number of halogens is 1. The van der Waals surface area contributed by atoms with Crippen molar-refractivity contribution in [3.8, 4) is 6.07 Å². The normalized spacial score (nSPS) is 16.7. The predicted octanol–water partition coefficient (Wildman–Crippen LogP) is 3.48. The highest BCUT2D eigenvalue weighted by atomic mass is 35.5. The Hall–Kier alpha value is -2.98. The molecule has 0 aliphatic carbocycles. The van der Waals surface area contributed by atoms with Crippen LogP contribution < -0.4 is 16.1 Å². The third-order valence-electron chi connectivity index (χ3n) is 6.73. The summed E-state index contributed by atoms with van der Waals surface area (Å²) in [5.41, 5.74) is 1.11. The summed E-state index contributed by atoms with van der Waals surface area (Å²) in [5.74, 6) is 1.71. The Morgan fingerprint density at radius 2 is 1.88 bits per heavy atom. The fraction of sp³-hybridized carbons (Fsp3) is 0.458. The van der Waals surface area contributed by atoms with Crippen LogP contribution >= 0.6 is 11.6 Å². The first-order valence-electron chi connectivity index (χ1n) is 11.0. The molecule has 7 nitrogen and oxygen atoms in total. The number of piperidine rings is 1. The minimum Gasteiger partial charge on any atom is -0.357 e. The highest BCUT2D eigenvalue weighted by molar-refractivity contribution is 6.31. The van der Waals surface area contributed by atoms with E-state index in [2.05, 4.69) is 24.8 Å². The van der Waals surface area contributed by atoms with E-state index in [-0.39, 0.29) is 0 Å². The van der Waals surface area contributed by atoms with Gasteiger partial charge >= 0.3 is 5.69 Å². The molecule has 0 saturated carbocycles. The Labute approximate surface area is 192 Å². The molecule has 168 valence electrons. The van der Waals surface area contributed by atoms with Crippen LogP contribution in [-0.2, 0) is 20.6 Å². The van der Waals surface area contributed by atoms with E-state index in [1.165, 1.54) is 11.6 Å². The molecule has 32 heavy (non-hydrogen) atoms. The van der Waals surface area contributed by atoms with Gasteiger partial charge in [0.05, 0.1) is 12.1 Å². The molecule has 1 aliphatic heterocycles. The van der Waals surface area contributed by atoms with Crippen molar-refractivity contribution >= 4 is 28.5 Å². The molecule has 1 unspecified atom stereocenters. The van der Waals surface area contributed by atoms with Crippen molar-refractivity contribution < 1.29 is 0 Å². The van der Waals surface area contributed by atoms with Crippen molar-refractivity contribution in [2.45, 2.75) is 33.2 Å². The molecule has 1 atom stereocenters. The Balaban J connectivity index is 2.05. The summed E-state index contributed by atoms with van der Waals surface area (Å²) in [6.45, 7) is 6.38. The number of hydrogen-bond acceptors (Lipinski definition) is 4. The molecule has 3 heterocycles. The number of aryl methyl sites for hydroxylation is 1. The van der Waals surface area contributed by atoms with Gasteiger partial charge in [0.2, 0.25) is 0 Å². The van der Waals surface area contributed by atoms with Crippen LogP contribution in [0.15, 0.2) is 33.9 Å². The van der Waals surface area contributed by atoms with Crippen LogP contribution in [0.3, 0.4) is 0 Å². The van der Waals surface area contributed by atoms with E-state index < -0.39 is 11.2 Å². The van der Waals surface area contributed by atoms with E-state index in [0.717, 1.165) is 36.1 Å². The number of rotatable bonds is 4. The molecule has 1 fully saturated rings. The van der Waals surface area contributed by atoms with Crippen molar-refractivity contribution in [3.63, 3.8) is 0 Å². The molecule has 8 heteroatoms. The Morgan fingerprint density at radius 1 is 1.16 bits per heavy atom. The van der Waals surface area contributed by atoms with Crippen LogP contribution in [0.5, 0.6) is 0 Å². The number of aromatic nitrogens is 3. The monoisotopic (exact) mass is 453 g/mol. The zero-order chi connectivity index (χ0) is 23.2. The number of benzene rings is 1. The van der Waals surface area contributed by atoms with Crippen LogP contribution in [0.2, 0.25) is 5.02 Å². The fourth-order valence-corrected chi connectivity index (χ4v) is 5.03. The molecule has 3 aromatic rings. The van der Waals surface area contributed by atoms with Gasteiger partial charge in [-0.1, -0.05) is 43.6 Å². The Kier molecular flexibility index (Phi) is 5.91. The minimum atomic E-state index is -0.445. The molecular weight excluding hydrogens is 426 g/mol. The summed E-state index contributed by atoms with van der Waals surface area (Å²) >= 11 is 6.47.